The summed E-state index contributed by atoms with van der Waals surface area (Å²) < 4.78 is 69.2. The summed E-state index contributed by atoms with van der Waals surface area (Å²) in [5.74, 6) is -0.00937. The largest absolute Gasteiger partial charge is 0.486 e. The van der Waals surface area contributed by atoms with E-state index in [-0.39, 0.29) is 18.8 Å². The molecule has 8 heteroatoms. The quantitative estimate of drug-likeness (QED) is 0.262. The number of benzene rings is 3. The van der Waals surface area contributed by atoms with Crippen LogP contribution in [-0.4, -0.2) is 19.2 Å². The maximum absolute atomic E-state index is 14.5. The van der Waals surface area contributed by atoms with E-state index in [0.29, 0.717) is 28.2 Å². The molecule has 0 radical (unpaired) electrons. The van der Waals surface area contributed by atoms with E-state index in [1.165, 1.54) is 24.3 Å². The molecule has 0 saturated carbocycles. The molecule has 0 aromatic heterocycles. The third-order valence-electron chi connectivity index (χ3n) is 5.09. The molecule has 3 aromatic rings. The van der Waals surface area contributed by atoms with Gasteiger partial charge in [0.1, 0.15) is 23.4 Å². The Hall–Kier alpha value is -3.55. The van der Waals surface area contributed by atoms with Gasteiger partial charge in [-0.25, -0.2) is 9.18 Å². The Morgan fingerprint density at radius 3 is 2.26 bits per heavy atom. The molecule has 3 aromatic carbocycles. The fourth-order valence-electron chi connectivity index (χ4n) is 3.35. The highest BCUT2D eigenvalue weighted by molar-refractivity contribution is 5.71. The van der Waals surface area contributed by atoms with Crippen LogP contribution in [0.5, 0.6) is 11.5 Å². The van der Waals surface area contributed by atoms with Crippen LogP contribution in [0.2, 0.25) is 0 Å². The van der Waals surface area contributed by atoms with Crippen LogP contribution in [0.3, 0.4) is 0 Å². The molecule has 4 nitrogen and oxygen atoms in total. The normalized spacial score (nSPS) is 12.2. The summed E-state index contributed by atoms with van der Waals surface area (Å²) in [5, 5.41) is 0. The zero-order valence-corrected chi connectivity index (χ0v) is 18.9. The van der Waals surface area contributed by atoms with Gasteiger partial charge in [0.05, 0.1) is 12.2 Å². The van der Waals surface area contributed by atoms with Crippen LogP contribution in [0.25, 0.3) is 11.1 Å². The van der Waals surface area contributed by atoms with Crippen molar-refractivity contribution in [3.05, 3.63) is 83.2 Å². The molecule has 0 heterocycles. The van der Waals surface area contributed by atoms with Crippen molar-refractivity contribution >= 4 is 5.97 Å². The number of hydrogen-bond donors (Lipinski definition) is 0. The Morgan fingerprint density at radius 1 is 0.971 bits per heavy atom. The topological polar surface area (TPSA) is 44.8 Å². The van der Waals surface area contributed by atoms with E-state index >= 15 is 0 Å². The van der Waals surface area contributed by atoms with Crippen molar-refractivity contribution in [3.63, 3.8) is 0 Å². The second kappa shape index (κ2) is 10.6. The first-order valence-corrected chi connectivity index (χ1v) is 10.6. The first kappa shape index (κ1) is 25.1. The minimum absolute atomic E-state index is 0.215. The lowest BCUT2D eigenvalue weighted by Crippen LogP contribution is -2.15. The van der Waals surface area contributed by atoms with Crippen LogP contribution in [0.15, 0.2) is 60.7 Å². The smallest absolute Gasteiger partial charge is 0.416 e. The standard InChI is InChI=1S/C26H24F4O4/c1-4-32-25(31)15-33-24-12-10-21(13-16(24)2)34-17(3)22-14-19(7-11-23(22)27)18-5-8-20(9-6-18)26(28,29)30/h5-14,17H,4,15H2,1-3H3. The first-order valence-electron chi connectivity index (χ1n) is 10.6. The van der Waals surface area contributed by atoms with Crippen LogP contribution in [0, 0.1) is 12.7 Å². The fraction of sp³-hybridized carbons (Fsp3) is 0.269. The van der Waals surface area contributed by atoms with Gasteiger partial charge < -0.3 is 14.2 Å². The number of alkyl halides is 3. The third kappa shape index (κ3) is 6.27. The van der Waals surface area contributed by atoms with Crippen LogP contribution >= 0.6 is 0 Å². The minimum Gasteiger partial charge on any atom is -0.486 e. The number of carbonyl (C=O) groups is 1. The second-order valence-electron chi connectivity index (χ2n) is 7.59. The number of ether oxygens (including phenoxy) is 3. The Morgan fingerprint density at radius 2 is 1.65 bits per heavy atom. The average molecular weight is 476 g/mol. The summed E-state index contributed by atoms with van der Waals surface area (Å²) in [5.41, 5.74) is 1.32. The molecule has 1 unspecified atom stereocenters. The van der Waals surface area contributed by atoms with Gasteiger partial charge in [0.15, 0.2) is 6.61 Å². The number of carbonyl (C=O) groups excluding carboxylic acids is 1. The molecule has 0 aliphatic carbocycles. The van der Waals surface area contributed by atoms with E-state index < -0.39 is 29.6 Å². The van der Waals surface area contributed by atoms with Gasteiger partial charge >= 0.3 is 12.1 Å². The third-order valence-corrected chi connectivity index (χ3v) is 5.09. The highest BCUT2D eigenvalue weighted by atomic mass is 19.4. The average Bonchev–Trinajstić information content (AvgIpc) is 2.78. The van der Waals surface area contributed by atoms with E-state index in [1.807, 2.05) is 0 Å². The summed E-state index contributed by atoms with van der Waals surface area (Å²) in [4.78, 5) is 11.5. The maximum Gasteiger partial charge on any atom is 0.416 e. The van der Waals surface area contributed by atoms with Crippen LogP contribution in [-0.2, 0) is 15.7 Å². The fourth-order valence-corrected chi connectivity index (χ4v) is 3.35. The Bertz CT molecular complexity index is 1140. The first-order chi connectivity index (χ1) is 16.1. The van der Waals surface area contributed by atoms with E-state index in [1.54, 1.807) is 45.0 Å². The molecule has 0 fully saturated rings. The molecular formula is C26H24F4O4. The van der Waals surface area contributed by atoms with Gasteiger partial charge in [-0.15, -0.1) is 0 Å². The number of esters is 1. The Balaban J connectivity index is 1.74. The van der Waals surface area contributed by atoms with Crippen molar-refractivity contribution < 1.29 is 36.6 Å². The molecule has 0 saturated heterocycles. The molecule has 0 amide bonds. The van der Waals surface area contributed by atoms with Crippen molar-refractivity contribution in [2.75, 3.05) is 13.2 Å². The van der Waals surface area contributed by atoms with E-state index in [0.717, 1.165) is 12.1 Å². The van der Waals surface area contributed by atoms with E-state index in [9.17, 15) is 22.4 Å². The van der Waals surface area contributed by atoms with Gasteiger partial charge in [0.25, 0.3) is 0 Å². The van der Waals surface area contributed by atoms with Crippen molar-refractivity contribution in [2.24, 2.45) is 0 Å². The predicted octanol–water partition coefficient (Wildman–Crippen LogP) is 6.90. The van der Waals surface area contributed by atoms with Crippen molar-refractivity contribution in [2.45, 2.75) is 33.1 Å². The van der Waals surface area contributed by atoms with Crippen molar-refractivity contribution in [1.82, 2.24) is 0 Å². The summed E-state index contributed by atoms with van der Waals surface area (Å²) in [6.07, 6.45) is -5.10. The summed E-state index contributed by atoms with van der Waals surface area (Å²) in [6, 6.07) is 14.0. The number of hydrogen-bond acceptors (Lipinski definition) is 4. The molecule has 0 aliphatic rings. The maximum atomic E-state index is 14.5. The minimum atomic E-state index is -4.42. The van der Waals surface area contributed by atoms with Gasteiger partial charge in [-0.3, -0.25) is 0 Å². The zero-order chi connectivity index (χ0) is 24.9. The van der Waals surface area contributed by atoms with Gasteiger partial charge in [-0.1, -0.05) is 18.2 Å². The van der Waals surface area contributed by atoms with E-state index in [4.69, 9.17) is 14.2 Å². The van der Waals surface area contributed by atoms with Crippen molar-refractivity contribution in [1.29, 1.82) is 0 Å². The molecule has 0 aliphatic heterocycles. The number of halogens is 4. The van der Waals surface area contributed by atoms with Crippen molar-refractivity contribution in [3.8, 4) is 22.6 Å². The lowest BCUT2D eigenvalue weighted by atomic mass is 9.99. The van der Waals surface area contributed by atoms with Crippen LogP contribution < -0.4 is 9.47 Å². The van der Waals surface area contributed by atoms with Gasteiger partial charge in [-0.2, -0.15) is 13.2 Å². The lowest BCUT2D eigenvalue weighted by Gasteiger charge is -2.18. The molecule has 1 atom stereocenters. The summed E-state index contributed by atoms with van der Waals surface area (Å²) >= 11 is 0. The van der Waals surface area contributed by atoms with Gasteiger partial charge in [-0.05, 0) is 79.9 Å². The summed E-state index contributed by atoms with van der Waals surface area (Å²) in [6.45, 7) is 5.22. The van der Waals surface area contributed by atoms with Crippen LogP contribution in [0.1, 0.15) is 36.6 Å². The summed E-state index contributed by atoms with van der Waals surface area (Å²) in [7, 11) is 0. The molecule has 0 N–H and O–H groups in total. The Labute approximate surface area is 195 Å². The highest BCUT2D eigenvalue weighted by Crippen LogP contribution is 2.33. The number of aryl methyl sites for hydroxylation is 1. The van der Waals surface area contributed by atoms with Gasteiger partial charge in [0.2, 0.25) is 0 Å². The van der Waals surface area contributed by atoms with Crippen LogP contribution in [0.4, 0.5) is 17.6 Å². The highest BCUT2D eigenvalue weighted by Gasteiger charge is 2.30. The monoisotopic (exact) mass is 476 g/mol. The van der Waals surface area contributed by atoms with E-state index in [2.05, 4.69) is 0 Å². The molecular weight excluding hydrogens is 452 g/mol. The SMILES string of the molecule is CCOC(=O)COc1ccc(OC(C)c2cc(-c3ccc(C(F)(F)F)cc3)ccc2F)cc1C. The Kier molecular flexibility index (Phi) is 7.81. The molecule has 3 rings (SSSR count). The predicted molar refractivity (Wildman–Crippen MR) is 119 cm³/mol. The van der Waals surface area contributed by atoms with Gasteiger partial charge in [0, 0.05) is 5.56 Å². The molecule has 180 valence electrons. The molecule has 0 bridgehead atoms. The lowest BCUT2D eigenvalue weighted by molar-refractivity contribution is -0.145. The molecule has 0 spiro atoms. The molecule has 34 heavy (non-hydrogen) atoms. The number of rotatable bonds is 8. The second-order valence-corrected chi connectivity index (χ2v) is 7.59. The zero-order valence-electron chi connectivity index (χ0n) is 18.9.